The van der Waals surface area contributed by atoms with Gasteiger partial charge in [0.1, 0.15) is 25.0 Å². The van der Waals surface area contributed by atoms with Crippen LogP contribution in [0.25, 0.3) is 11.2 Å². The molecule has 16 nitrogen and oxygen atoms in total. The van der Waals surface area contributed by atoms with Gasteiger partial charge in [-0.15, -0.1) is 0 Å². The Bertz CT molecular complexity index is 1150. The van der Waals surface area contributed by atoms with Crippen LogP contribution in [0.5, 0.6) is 0 Å². The zero-order valence-corrected chi connectivity index (χ0v) is 24.8. The molecule has 0 aliphatic carbocycles. The first kappa shape index (κ1) is 34.3. The fourth-order valence-corrected chi connectivity index (χ4v) is 3.51. The minimum Gasteiger partial charge on any atom is -0.464 e. The largest absolute Gasteiger partial charge is 0.464 e. The Balaban J connectivity index is 2.14. The molecule has 1 atom stereocenters. The summed E-state index contributed by atoms with van der Waals surface area (Å²) in [6.45, 7) is 8.16. The third-order valence-corrected chi connectivity index (χ3v) is 5.33. The SMILES string of the molecule is CCCOC(=O)CN(CC(COCCOCCOC)NC=O)C(=O)Cn1cnc2c(NC(=O)OC(C)(C)C)ncnc21. The third-order valence-electron chi connectivity index (χ3n) is 5.33. The molecule has 0 aromatic carbocycles. The number of nitrogens with zero attached hydrogens (tertiary/aromatic N) is 5. The number of hydrogen-bond acceptors (Lipinski definition) is 12. The Hall–Kier alpha value is -3.89. The van der Waals surface area contributed by atoms with Gasteiger partial charge in [0.05, 0.1) is 52.0 Å². The Morgan fingerprint density at radius 1 is 1.07 bits per heavy atom. The molecule has 0 saturated heterocycles. The van der Waals surface area contributed by atoms with Crippen LogP contribution in [0.1, 0.15) is 34.1 Å². The summed E-state index contributed by atoms with van der Waals surface area (Å²) >= 11 is 0. The second-order valence-electron chi connectivity index (χ2n) is 10.1. The molecule has 2 heterocycles. The van der Waals surface area contributed by atoms with E-state index in [0.29, 0.717) is 32.7 Å². The number of esters is 1. The van der Waals surface area contributed by atoms with E-state index in [1.165, 1.54) is 22.1 Å². The number of methoxy groups -OCH3 is 1. The van der Waals surface area contributed by atoms with Gasteiger partial charge in [-0.1, -0.05) is 6.92 Å². The van der Waals surface area contributed by atoms with Gasteiger partial charge < -0.3 is 38.5 Å². The molecule has 0 bridgehead atoms. The Morgan fingerprint density at radius 2 is 1.81 bits per heavy atom. The number of rotatable bonds is 19. The van der Waals surface area contributed by atoms with Gasteiger partial charge >= 0.3 is 12.1 Å². The van der Waals surface area contributed by atoms with Crippen LogP contribution in [-0.2, 0) is 44.6 Å². The predicted molar refractivity (Wildman–Crippen MR) is 150 cm³/mol. The quantitative estimate of drug-likeness (QED) is 0.132. The highest BCUT2D eigenvalue weighted by molar-refractivity contribution is 5.94. The lowest BCUT2D eigenvalue weighted by molar-refractivity contribution is -0.149. The first-order valence-corrected chi connectivity index (χ1v) is 13.5. The third kappa shape index (κ3) is 12.3. The van der Waals surface area contributed by atoms with Crippen LogP contribution in [-0.4, -0.2) is 120 Å². The van der Waals surface area contributed by atoms with Gasteiger partial charge in [0.25, 0.3) is 0 Å². The molecule has 0 aliphatic heterocycles. The Kier molecular flexibility index (Phi) is 14.6. The van der Waals surface area contributed by atoms with Crippen molar-refractivity contribution in [1.82, 2.24) is 29.7 Å². The number of carbonyl (C=O) groups excluding carboxylic acids is 4. The van der Waals surface area contributed by atoms with E-state index in [2.05, 4.69) is 25.6 Å². The average molecular weight is 596 g/mol. The molecule has 1 unspecified atom stereocenters. The summed E-state index contributed by atoms with van der Waals surface area (Å²) in [7, 11) is 1.57. The molecule has 0 saturated carbocycles. The van der Waals surface area contributed by atoms with Crippen LogP contribution >= 0.6 is 0 Å². The maximum absolute atomic E-state index is 13.4. The first-order valence-electron chi connectivity index (χ1n) is 13.5. The number of nitrogens with one attached hydrogen (secondary N) is 2. The summed E-state index contributed by atoms with van der Waals surface area (Å²) in [6, 6.07) is -0.615. The molecule has 42 heavy (non-hydrogen) atoms. The zero-order valence-electron chi connectivity index (χ0n) is 24.8. The van der Waals surface area contributed by atoms with Crippen LogP contribution in [0.3, 0.4) is 0 Å². The zero-order chi connectivity index (χ0) is 31.0. The summed E-state index contributed by atoms with van der Waals surface area (Å²) in [6.07, 6.45) is 3.00. The monoisotopic (exact) mass is 595 g/mol. The second kappa shape index (κ2) is 17.8. The van der Waals surface area contributed by atoms with Gasteiger partial charge in [-0.25, -0.2) is 19.7 Å². The van der Waals surface area contributed by atoms with E-state index in [1.807, 2.05) is 6.92 Å². The van der Waals surface area contributed by atoms with Gasteiger partial charge in [0.15, 0.2) is 17.0 Å². The highest BCUT2D eigenvalue weighted by atomic mass is 16.6. The molecule has 0 fully saturated rings. The highest BCUT2D eigenvalue weighted by Gasteiger charge is 2.24. The number of carbonyl (C=O) groups is 4. The number of aromatic nitrogens is 4. The van der Waals surface area contributed by atoms with Crippen molar-refractivity contribution in [2.75, 3.05) is 65.2 Å². The van der Waals surface area contributed by atoms with Crippen molar-refractivity contribution in [3.05, 3.63) is 12.7 Å². The van der Waals surface area contributed by atoms with Gasteiger partial charge in [0.2, 0.25) is 12.3 Å². The van der Waals surface area contributed by atoms with Gasteiger partial charge in [0, 0.05) is 13.7 Å². The molecular formula is C26H41N7O9. The molecule has 16 heteroatoms. The second-order valence-corrected chi connectivity index (χ2v) is 10.1. The van der Waals surface area contributed by atoms with Crippen molar-refractivity contribution < 1.29 is 42.9 Å². The van der Waals surface area contributed by atoms with Crippen molar-refractivity contribution in [2.45, 2.75) is 52.3 Å². The first-order chi connectivity index (χ1) is 20.1. The van der Waals surface area contributed by atoms with Gasteiger partial charge in [-0.3, -0.25) is 19.7 Å². The Morgan fingerprint density at radius 3 is 2.50 bits per heavy atom. The van der Waals surface area contributed by atoms with Crippen molar-refractivity contribution in [2.24, 2.45) is 0 Å². The molecule has 0 spiro atoms. The maximum Gasteiger partial charge on any atom is 0.413 e. The summed E-state index contributed by atoms with van der Waals surface area (Å²) < 4.78 is 27.8. The average Bonchev–Trinajstić information content (AvgIpc) is 3.33. The molecule has 2 N–H and O–H groups in total. The molecule has 0 radical (unpaired) electrons. The van der Waals surface area contributed by atoms with Crippen molar-refractivity contribution in [3.63, 3.8) is 0 Å². The molecule has 3 amide bonds. The molecule has 234 valence electrons. The van der Waals surface area contributed by atoms with E-state index in [0.717, 1.165) is 0 Å². The molecule has 2 rings (SSSR count). The number of anilines is 1. The van der Waals surface area contributed by atoms with Crippen LogP contribution in [0, 0.1) is 0 Å². The van der Waals surface area contributed by atoms with Gasteiger partial charge in [-0.2, -0.15) is 0 Å². The van der Waals surface area contributed by atoms with E-state index in [4.69, 9.17) is 23.7 Å². The van der Waals surface area contributed by atoms with E-state index in [-0.39, 0.29) is 56.4 Å². The Labute approximate surface area is 244 Å². The van der Waals surface area contributed by atoms with Crippen LogP contribution in [0.4, 0.5) is 10.6 Å². The fraction of sp³-hybridized carbons (Fsp3) is 0.654. The summed E-state index contributed by atoms with van der Waals surface area (Å²) in [5, 5.41) is 5.16. The van der Waals surface area contributed by atoms with E-state index in [9.17, 15) is 19.2 Å². The lowest BCUT2D eigenvalue weighted by Crippen LogP contribution is -2.48. The number of ether oxygens (including phenoxy) is 5. The van der Waals surface area contributed by atoms with E-state index >= 15 is 0 Å². The van der Waals surface area contributed by atoms with E-state index in [1.54, 1.807) is 27.9 Å². The number of fused-ring (bicyclic) bond motifs is 1. The number of amides is 3. The predicted octanol–water partition coefficient (Wildman–Crippen LogP) is 0.749. The molecule has 2 aromatic heterocycles. The summed E-state index contributed by atoms with van der Waals surface area (Å²) in [4.78, 5) is 63.2. The minimum atomic E-state index is -0.720. The summed E-state index contributed by atoms with van der Waals surface area (Å²) in [5.74, 6) is -0.952. The molecular weight excluding hydrogens is 554 g/mol. The number of imidazole rings is 1. The van der Waals surface area contributed by atoms with Crippen LogP contribution in [0.15, 0.2) is 12.7 Å². The van der Waals surface area contributed by atoms with Crippen LogP contribution in [0.2, 0.25) is 0 Å². The minimum absolute atomic E-state index is 0.0314. The van der Waals surface area contributed by atoms with Crippen LogP contribution < -0.4 is 10.6 Å². The van der Waals surface area contributed by atoms with Crippen molar-refractivity contribution in [1.29, 1.82) is 0 Å². The summed E-state index contributed by atoms with van der Waals surface area (Å²) in [5.41, 5.74) is -0.201. The number of hydrogen-bond donors (Lipinski definition) is 2. The van der Waals surface area contributed by atoms with Gasteiger partial charge in [-0.05, 0) is 27.2 Å². The maximum atomic E-state index is 13.4. The molecule has 2 aromatic rings. The smallest absolute Gasteiger partial charge is 0.413 e. The topological polar surface area (TPSA) is 185 Å². The normalized spacial score (nSPS) is 12.0. The lowest BCUT2D eigenvalue weighted by Gasteiger charge is -2.27. The fourth-order valence-electron chi connectivity index (χ4n) is 3.51. The van der Waals surface area contributed by atoms with Crippen molar-refractivity contribution >= 4 is 41.4 Å². The van der Waals surface area contributed by atoms with E-state index < -0.39 is 29.6 Å². The molecule has 0 aliphatic rings. The highest BCUT2D eigenvalue weighted by Crippen LogP contribution is 2.19. The van der Waals surface area contributed by atoms with Crippen molar-refractivity contribution in [3.8, 4) is 0 Å². The lowest BCUT2D eigenvalue weighted by atomic mass is 10.2. The standard InChI is InChI=1S/C26H41N7O9/c1-6-7-41-21(36)14-32(12-19(30-18-34)15-40-11-10-39-9-8-38-5)20(35)13-33-17-29-22-23(27-16-28-24(22)33)31-25(37)42-26(2,3)4/h16-19H,6-15H2,1-5H3,(H,30,34)(H,27,28,31,37).